The van der Waals surface area contributed by atoms with E-state index >= 15 is 0 Å². The van der Waals surface area contributed by atoms with Crippen LogP contribution in [0, 0.1) is 10.7 Å². The fourth-order valence-corrected chi connectivity index (χ4v) is 6.57. The number of carboxylic acids is 1. The molecule has 0 saturated heterocycles. The van der Waals surface area contributed by atoms with Crippen LogP contribution in [0.25, 0.3) is 33.1 Å². The molecule has 4 rings (SSSR count). The van der Waals surface area contributed by atoms with Gasteiger partial charge in [-0.05, 0) is 79.9 Å². The molecular formula is C20H6Cl4I3NaO5+2. The van der Waals surface area contributed by atoms with Crippen molar-refractivity contribution < 1.29 is 54.1 Å². The molecule has 13 heteroatoms. The average molecular weight is 872 g/mol. The summed E-state index contributed by atoms with van der Waals surface area (Å²) in [5.41, 5.74) is 0.571. The van der Waals surface area contributed by atoms with Gasteiger partial charge in [0.1, 0.15) is 5.75 Å². The second-order valence-electron chi connectivity index (χ2n) is 6.49. The minimum atomic E-state index is -1.36. The Bertz CT molecular complexity index is 1510. The molecule has 0 atom stereocenters. The zero-order valence-corrected chi connectivity index (χ0v) is 27.5. The molecule has 0 bridgehead atoms. The first-order valence-corrected chi connectivity index (χ1v) is 13.1. The van der Waals surface area contributed by atoms with Crippen LogP contribution in [-0.2, 0) is 0 Å². The maximum Gasteiger partial charge on any atom is 1.00 e. The van der Waals surface area contributed by atoms with Crippen molar-refractivity contribution in [2.24, 2.45) is 0 Å². The maximum atomic E-state index is 12.3. The molecular weight excluding hydrogens is 866 g/mol. The van der Waals surface area contributed by atoms with Crippen molar-refractivity contribution in [1.29, 1.82) is 0 Å². The maximum absolute atomic E-state index is 12.3. The Morgan fingerprint density at radius 1 is 0.818 bits per heavy atom. The quantitative estimate of drug-likeness (QED) is 0.0569. The fraction of sp³-hybridized carbons (Fsp3) is 0. The molecule has 1 aromatic heterocycles. The third-order valence-corrected chi connectivity index (χ3v) is 9.17. The van der Waals surface area contributed by atoms with Gasteiger partial charge in [0.25, 0.3) is 0 Å². The van der Waals surface area contributed by atoms with Crippen molar-refractivity contribution in [3.8, 4) is 22.6 Å². The average Bonchev–Trinajstić information content (AvgIpc) is 2.73. The van der Waals surface area contributed by atoms with E-state index in [2.05, 4.69) is 0 Å². The van der Waals surface area contributed by atoms with Gasteiger partial charge in [-0.2, -0.15) is 0 Å². The van der Waals surface area contributed by atoms with E-state index in [1.807, 2.05) is 67.8 Å². The van der Waals surface area contributed by atoms with Gasteiger partial charge in [-0.3, -0.25) is 0 Å². The molecule has 0 aliphatic rings. The van der Waals surface area contributed by atoms with Crippen LogP contribution in [0.4, 0.5) is 0 Å². The number of hydrogen-bond donors (Lipinski definition) is 3. The Labute approximate surface area is 269 Å². The first-order chi connectivity index (χ1) is 15.0. The molecule has 3 aromatic carbocycles. The zero-order valence-electron chi connectivity index (χ0n) is 16.0. The van der Waals surface area contributed by atoms with E-state index in [1.165, 1.54) is 6.07 Å². The first kappa shape index (κ1) is 28.3. The summed E-state index contributed by atoms with van der Waals surface area (Å²) in [6, 6.07) is 4.68. The number of aromatic carboxylic acids is 1. The van der Waals surface area contributed by atoms with E-state index in [1.54, 1.807) is 12.1 Å². The number of rotatable bonds is 2. The summed E-state index contributed by atoms with van der Waals surface area (Å²) in [5, 5.41) is 31.0. The van der Waals surface area contributed by atoms with Gasteiger partial charge >= 0.3 is 46.7 Å². The Morgan fingerprint density at radius 3 is 2.00 bits per heavy atom. The number of fused-ring (bicyclic) bond motifs is 2. The fourth-order valence-electron chi connectivity index (χ4n) is 3.29. The largest absolute Gasteiger partial charge is 1.00 e. The first-order valence-electron chi connectivity index (χ1n) is 8.34. The second kappa shape index (κ2) is 10.6. The number of aromatic hydroxyl groups is 2. The molecule has 0 aliphatic heterocycles. The smallest absolute Gasteiger partial charge is 0.506 e. The minimum absolute atomic E-state index is 0. The van der Waals surface area contributed by atoms with E-state index in [0.29, 0.717) is 27.0 Å². The number of hydrogen-bond acceptors (Lipinski definition) is 3. The third-order valence-electron chi connectivity index (χ3n) is 4.68. The molecule has 164 valence electrons. The predicted octanol–water partition coefficient (Wildman–Crippen LogP) is 6.07. The second-order valence-corrected chi connectivity index (χ2v) is 11.4. The summed E-state index contributed by atoms with van der Waals surface area (Å²) in [5.74, 6) is -1.39. The van der Waals surface area contributed by atoms with E-state index in [0.717, 1.165) is 0 Å². The van der Waals surface area contributed by atoms with E-state index in [4.69, 9.17) is 50.8 Å². The normalized spacial score (nSPS) is 11.1. The molecule has 0 fully saturated rings. The van der Waals surface area contributed by atoms with Crippen LogP contribution >= 0.6 is 114 Å². The molecule has 0 amide bonds. The van der Waals surface area contributed by atoms with Gasteiger partial charge in [-0.15, -0.1) is 0 Å². The van der Waals surface area contributed by atoms with Gasteiger partial charge in [-0.25, -0.2) is 9.21 Å². The number of carbonyl (C=O) groups is 1. The van der Waals surface area contributed by atoms with Crippen molar-refractivity contribution >= 4 is 142 Å². The van der Waals surface area contributed by atoms with Gasteiger partial charge in [-0.1, -0.05) is 46.4 Å². The van der Waals surface area contributed by atoms with Gasteiger partial charge in [0, 0.05) is 11.1 Å². The Kier molecular flexibility index (Phi) is 9.12. The summed E-state index contributed by atoms with van der Waals surface area (Å²) >= 11 is 31.2. The van der Waals surface area contributed by atoms with E-state index < -0.39 is 5.97 Å². The Balaban J connectivity index is 0.00000306. The molecule has 0 aliphatic carbocycles. The van der Waals surface area contributed by atoms with Crippen molar-refractivity contribution in [1.82, 2.24) is 0 Å². The Morgan fingerprint density at radius 2 is 1.39 bits per heavy atom. The number of benzene rings is 3. The van der Waals surface area contributed by atoms with Gasteiger partial charge < -0.3 is 15.3 Å². The number of carboxylic acid groups (broad SMARTS) is 1. The Hall–Kier alpha value is 0.750. The number of halogens is 7. The van der Waals surface area contributed by atoms with Gasteiger partial charge in [0.05, 0.1) is 49.6 Å². The number of phenolic OH excluding ortho intramolecular Hbond substituents is 2. The van der Waals surface area contributed by atoms with Crippen molar-refractivity contribution in [2.45, 2.75) is 0 Å². The molecule has 0 saturated carbocycles. The number of phenols is 2. The minimum Gasteiger partial charge on any atom is -0.506 e. The van der Waals surface area contributed by atoms with Crippen LogP contribution in [-0.4, -0.2) is 21.3 Å². The summed E-state index contributed by atoms with van der Waals surface area (Å²) in [4.78, 5) is 12.3. The molecule has 4 aromatic rings. The zero-order chi connectivity index (χ0) is 23.6. The standard InChI is InChI=1S/C20H5Cl4I3O5.Na/c21-13-11(12(20(30)31)14(22)16(24)15(13)23)10-4-1-6(25)8(28)3-9(4)32-19-5(10)2-7(26)18(29)17(19)27;/h1-3H,(H2-,28,29,30,31);/q;+1/p+1. The molecule has 5 nitrogen and oxygen atoms in total. The molecule has 0 spiro atoms. The summed E-state index contributed by atoms with van der Waals surface area (Å²) in [6.07, 6.45) is 0. The van der Waals surface area contributed by atoms with Crippen LogP contribution in [0.15, 0.2) is 22.6 Å². The molecule has 3 N–H and O–H groups in total. The monoisotopic (exact) mass is 870 g/mol. The van der Waals surface area contributed by atoms with Crippen LogP contribution in [0.2, 0.25) is 20.1 Å². The van der Waals surface area contributed by atoms with E-state index in [9.17, 15) is 20.1 Å². The molecule has 0 unspecified atom stereocenters. The van der Waals surface area contributed by atoms with Gasteiger partial charge in [0.2, 0.25) is 0 Å². The summed E-state index contributed by atoms with van der Waals surface area (Å²) in [6.45, 7) is 0. The van der Waals surface area contributed by atoms with Crippen LogP contribution < -0.4 is 29.6 Å². The third kappa shape index (κ3) is 4.75. The topological polar surface area (TPSA) is 89.1 Å². The molecule has 1 heterocycles. The predicted molar refractivity (Wildman–Crippen MR) is 152 cm³/mol. The van der Waals surface area contributed by atoms with Crippen LogP contribution in [0.1, 0.15) is 10.4 Å². The van der Waals surface area contributed by atoms with Crippen LogP contribution in [0.5, 0.6) is 11.5 Å². The van der Waals surface area contributed by atoms with Crippen molar-refractivity contribution in [3.63, 3.8) is 0 Å². The summed E-state index contributed by atoms with van der Waals surface area (Å²) in [7, 11) is 0. The van der Waals surface area contributed by atoms with E-state index in [-0.39, 0.29) is 83.4 Å². The summed E-state index contributed by atoms with van der Waals surface area (Å²) < 4.78 is 7.41. The molecule has 0 radical (unpaired) electrons. The van der Waals surface area contributed by atoms with Crippen molar-refractivity contribution in [2.75, 3.05) is 0 Å². The SMILES string of the molecule is O=C(O)c1c(Cl)c(Cl)c(Cl)c(Cl)c1-c1c2cc(I)c(O)cc2[o+]c2c(I)c(O)c(I)cc12.[Na+]. The molecule has 33 heavy (non-hydrogen) atoms. The van der Waals surface area contributed by atoms with Crippen molar-refractivity contribution in [3.05, 3.63) is 54.6 Å². The van der Waals surface area contributed by atoms with Crippen LogP contribution in [0.3, 0.4) is 0 Å². The van der Waals surface area contributed by atoms with Gasteiger partial charge in [0.15, 0.2) is 9.32 Å².